The van der Waals surface area contributed by atoms with Crippen LogP contribution < -0.4 is 11.5 Å². The largest absolute Gasteiger partial charge is 0.480 e. The number of hydrogen-bond acceptors (Lipinski definition) is 5. The first kappa shape index (κ1) is 16.1. The van der Waals surface area contributed by atoms with Gasteiger partial charge in [-0.05, 0) is 36.9 Å². The van der Waals surface area contributed by atoms with Crippen molar-refractivity contribution in [2.24, 2.45) is 29.2 Å². The standard InChI is InChI=1S/C12H23BN4O4/c14-11(15)17-5-7-4-12(16,10(18)19)9(8(7)6-17)2-1-3-13(20)21/h7-9,20-21H,1-6,16H2,(H3,14,15)(H,18,19)/t7-,8?,9-,12-/m0/s1. The quantitative estimate of drug-likeness (QED) is 0.204. The summed E-state index contributed by atoms with van der Waals surface area (Å²) in [6.45, 7) is 1.13. The second kappa shape index (κ2) is 5.82. The van der Waals surface area contributed by atoms with Crippen molar-refractivity contribution in [3.8, 4) is 0 Å². The summed E-state index contributed by atoms with van der Waals surface area (Å²) in [5.74, 6) is -1.01. The second-order valence-electron chi connectivity index (χ2n) is 6.28. The maximum Gasteiger partial charge on any atom is 0.451 e. The van der Waals surface area contributed by atoms with E-state index in [1.807, 2.05) is 0 Å². The molecule has 2 rings (SSSR count). The molecule has 4 atom stereocenters. The van der Waals surface area contributed by atoms with E-state index in [1.165, 1.54) is 0 Å². The van der Waals surface area contributed by atoms with Gasteiger partial charge in [-0.15, -0.1) is 0 Å². The van der Waals surface area contributed by atoms with Crippen LogP contribution in [0.2, 0.25) is 6.32 Å². The normalized spacial score (nSPS) is 34.8. The van der Waals surface area contributed by atoms with Gasteiger partial charge in [0, 0.05) is 13.1 Å². The lowest BCUT2D eigenvalue weighted by Gasteiger charge is -2.31. The smallest absolute Gasteiger partial charge is 0.451 e. The number of carboxylic acids is 1. The van der Waals surface area contributed by atoms with E-state index in [2.05, 4.69) is 0 Å². The molecule has 0 aromatic carbocycles. The first-order valence-corrected chi connectivity index (χ1v) is 7.23. The van der Waals surface area contributed by atoms with E-state index in [-0.39, 0.29) is 30.0 Å². The average molecular weight is 298 g/mol. The molecule has 2 fully saturated rings. The van der Waals surface area contributed by atoms with Gasteiger partial charge in [-0.3, -0.25) is 10.2 Å². The highest BCUT2D eigenvalue weighted by Gasteiger charge is 2.58. The monoisotopic (exact) mass is 298 g/mol. The van der Waals surface area contributed by atoms with Crippen LogP contribution in [0, 0.1) is 23.2 Å². The molecule has 2 aliphatic rings. The van der Waals surface area contributed by atoms with Gasteiger partial charge >= 0.3 is 13.1 Å². The summed E-state index contributed by atoms with van der Waals surface area (Å²) in [6.07, 6.45) is 1.63. The molecule has 0 aromatic heterocycles. The van der Waals surface area contributed by atoms with Crippen LogP contribution in [0.1, 0.15) is 19.3 Å². The summed E-state index contributed by atoms with van der Waals surface area (Å²) in [6, 6.07) is 0. The van der Waals surface area contributed by atoms with Gasteiger partial charge in [0.25, 0.3) is 0 Å². The summed E-state index contributed by atoms with van der Waals surface area (Å²) in [7, 11) is -1.38. The molecule has 1 aliphatic heterocycles. The Bertz CT molecular complexity index is 435. The lowest BCUT2D eigenvalue weighted by Crippen LogP contribution is -2.53. The van der Waals surface area contributed by atoms with Crippen molar-refractivity contribution in [3.05, 3.63) is 0 Å². The molecule has 8 N–H and O–H groups in total. The van der Waals surface area contributed by atoms with E-state index >= 15 is 0 Å². The van der Waals surface area contributed by atoms with Crippen molar-refractivity contribution in [1.82, 2.24) is 4.90 Å². The van der Waals surface area contributed by atoms with E-state index < -0.39 is 18.6 Å². The van der Waals surface area contributed by atoms with E-state index in [0.717, 1.165) is 0 Å². The number of nitrogens with zero attached hydrogens (tertiary/aromatic N) is 1. The van der Waals surface area contributed by atoms with Crippen LogP contribution in [0.25, 0.3) is 0 Å². The van der Waals surface area contributed by atoms with Crippen LogP contribution in [0.15, 0.2) is 0 Å². The van der Waals surface area contributed by atoms with Crippen molar-refractivity contribution >= 4 is 19.0 Å². The summed E-state index contributed by atoms with van der Waals surface area (Å²) in [4.78, 5) is 13.3. The van der Waals surface area contributed by atoms with Crippen molar-refractivity contribution in [2.75, 3.05) is 13.1 Å². The van der Waals surface area contributed by atoms with Crippen LogP contribution in [0.5, 0.6) is 0 Å². The Morgan fingerprint density at radius 3 is 2.62 bits per heavy atom. The molecule has 118 valence electrons. The van der Waals surface area contributed by atoms with Crippen LogP contribution in [-0.4, -0.2) is 57.7 Å². The minimum atomic E-state index is -1.38. The number of nitrogens with one attached hydrogen (secondary N) is 1. The summed E-state index contributed by atoms with van der Waals surface area (Å²) in [5.41, 5.74) is 10.4. The van der Waals surface area contributed by atoms with Gasteiger partial charge in [0.1, 0.15) is 5.54 Å². The zero-order valence-corrected chi connectivity index (χ0v) is 11.9. The van der Waals surface area contributed by atoms with Crippen molar-refractivity contribution in [1.29, 1.82) is 5.41 Å². The van der Waals surface area contributed by atoms with E-state index in [1.54, 1.807) is 4.90 Å². The lowest BCUT2D eigenvalue weighted by molar-refractivity contribution is -0.145. The Morgan fingerprint density at radius 1 is 1.43 bits per heavy atom. The first-order chi connectivity index (χ1) is 9.75. The van der Waals surface area contributed by atoms with Crippen molar-refractivity contribution < 1.29 is 19.9 Å². The molecule has 1 saturated heterocycles. The number of carboxylic acid groups (broad SMARTS) is 1. The van der Waals surface area contributed by atoms with E-state index in [0.29, 0.717) is 32.4 Å². The van der Waals surface area contributed by atoms with E-state index in [4.69, 9.17) is 26.9 Å². The molecule has 1 saturated carbocycles. The van der Waals surface area contributed by atoms with Crippen LogP contribution >= 0.6 is 0 Å². The number of guanidine groups is 1. The topological polar surface area (TPSA) is 157 Å². The molecular weight excluding hydrogens is 275 g/mol. The minimum Gasteiger partial charge on any atom is -0.480 e. The first-order valence-electron chi connectivity index (χ1n) is 7.23. The molecule has 1 heterocycles. The Kier molecular flexibility index (Phi) is 4.45. The maximum atomic E-state index is 11.6. The Balaban J connectivity index is 2.10. The third-order valence-electron chi connectivity index (χ3n) is 4.99. The third kappa shape index (κ3) is 2.99. The van der Waals surface area contributed by atoms with Crippen LogP contribution in [0.4, 0.5) is 0 Å². The third-order valence-corrected chi connectivity index (χ3v) is 4.99. The fourth-order valence-corrected chi connectivity index (χ4v) is 3.97. The average Bonchev–Trinajstić information content (AvgIpc) is 2.87. The van der Waals surface area contributed by atoms with Gasteiger partial charge < -0.3 is 31.5 Å². The number of hydrogen-bond donors (Lipinski definition) is 6. The van der Waals surface area contributed by atoms with Crippen molar-refractivity contribution in [3.63, 3.8) is 0 Å². The number of nitrogens with two attached hydrogens (primary N) is 2. The lowest BCUT2D eigenvalue weighted by atomic mass is 9.76. The molecular formula is C12H23BN4O4. The summed E-state index contributed by atoms with van der Waals surface area (Å²) >= 11 is 0. The Morgan fingerprint density at radius 2 is 2.10 bits per heavy atom. The molecule has 0 bridgehead atoms. The van der Waals surface area contributed by atoms with Gasteiger partial charge in [-0.25, -0.2) is 0 Å². The highest BCUT2D eigenvalue weighted by atomic mass is 16.4. The molecule has 0 radical (unpaired) electrons. The predicted molar refractivity (Wildman–Crippen MR) is 77.4 cm³/mol. The predicted octanol–water partition coefficient (Wildman–Crippen LogP) is -1.52. The summed E-state index contributed by atoms with van der Waals surface area (Å²) in [5, 5.41) is 34.8. The highest BCUT2D eigenvalue weighted by Crippen LogP contribution is 2.49. The zero-order chi connectivity index (χ0) is 15.8. The fraction of sp³-hybridized carbons (Fsp3) is 0.833. The zero-order valence-electron chi connectivity index (χ0n) is 11.9. The van der Waals surface area contributed by atoms with Gasteiger partial charge in [-0.2, -0.15) is 0 Å². The number of aliphatic carboxylic acids is 1. The summed E-state index contributed by atoms with van der Waals surface area (Å²) < 4.78 is 0. The maximum absolute atomic E-state index is 11.6. The number of fused-ring (bicyclic) bond motifs is 1. The SMILES string of the molecule is N=C(N)N1CC2[C@H](C1)C[C@@](N)(C(=O)O)[C@H]2CCCB(O)O. The number of likely N-dealkylation sites (tertiary alicyclic amines) is 1. The Hall–Kier alpha value is -1.32. The molecule has 9 heteroatoms. The van der Waals surface area contributed by atoms with Crippen molar-refractivity contribution in [2.45, 2.75) is 31.1 Å². The molecule has 21 heavy (non-hydrogen) atoms. The van der Waals surface area contributed by atoms with Crippen LogP contribution in [0.3, 0.4) is 0 Å². The molecule has 0 spiro atoms. The highest BCUT2D eigenvalue weighted by molar-refractivity contribution is 6.40. The van der Waals surface area contributed by atoms with Gasteiger partial charge in [0.2, 0.25) is 0 Å². The van der Waals surface area contributed by atoms with Crippen LogP contribution in [-0.2, 0) is 4.79 Å². The van der Waals surface area contributed by atoms with Gasteiger partial charge in [0.05, 0.1) is 0 Å². The molecule has 0 amide bonds. The Labute approximate surface area is 123 Å². The van der Waals surface area contributed by atoms with Gasteiger partial charge in [0.15, 0.2) is 5.96 Å². The molecule has 8 nitrogen and oxygen atoms in total. The number of carbonyl (C=O) groups is 1. The number of rotatable bonds is 5. The molecule has 0 aromatic rings. The second-order valence-corrected chi connectivity index (χ2v) is 6.28. The minimum absolute atomic E-state index is 0.00637. The van der Waals surface area contributed by atoms with Gasteiger partial charge in [-0.1, -0.05) is 6.42 Å². The molecule has 1 aliphatic carbocycles. The van der Waals surface area contributed by atoms with E-state index in [9.17, 15) is 9.90 Å². The fourth-order valence-electron chi connectivity index (χ4n) is 3.97. The molecule has 1 unspecified atom stereocenters.